The molecular formula is C15H28N2OS. The number of unbranched alkanes of at least 4 members (excludes halogenated alkanes) is 1. The summed E-state index contributed by atoms with van der Waals surface area (Å²) in [6.45, 7) is 1.97. The second-order valence-electron chi connectivity index (χ2n) is 6.35. The highest BCUT2D eigenvalue weighted by atomic mass is 32.2. The van der Waals surface area contributed by atoms with Crippen LogP contribution in [0.5, 0.6) is 0 Å². The van der Waals surface area contributed by atoms with Gasteiger partial charge in [0.05, 0.1) is 5.54 Å². The van der Waals surface area contributed by atoms with Crippen LogP contribution in [0.3, 0.4) is 0 Å². The van der Waals surface area contributed by atoms with Crippen LogP contribution in [0.25, 0.3) is 0 Å². The van der Waals surface area contributed by atoms with E-state index in [1.54, 1.807) is 0 Å². The van der Waals surface area contributed by atoms with Crippen molar-refractivity contribution >= 4 is 17.7 Å². The summed E-state index contributed by atoms with van der Waals surface area (Å²) in [5, 5.41) is 4.33. The van der Waals surface area contributed by atoms with Crippen molar-refractivity contribution < 1.29 is 4.79 Å². The van der Waals surface area contributed by atoms with Gasteiger partial charge in [0.1, 0.15) is 0 Å². The third-order valence-electron chi connectivity index (χ3n) is 4.37. The molecule has 2 aliphatic carbocycles. The van der Waals surface area contributed by atoms with Gasteiger partial charge in [-0.25, -0.2) is 0 Å². The van der Waals surface area contributed by atoms with Crippen LogP contribution in [0.2, 0.25) is 0 Å². The van der Waals surface area contributed by atoms with Gasteiger partial charge in [-0.1, -0.05) is 19.3 Å². The van der Waals surface area contributed by atoms with E-state index >= 15 is 0 Å². The molecule has 110 valence electrons. The Kier molecular flexibility index (Phi) is 5.58. The van der Waals surface area contributed by atoms with Crippen molar-refractivity contribution in [3.05, 3.63) is 0 Å². The summed E-state index contributed by atoms with van der Waals surface area (Å²) in [5.41, 5.74) is 5.07. The lowest BCUT2D eigenvalue weighted by Gasteiger charge is -2.27. The number of carbonyl (C=O) groups excluding carboxylic acids is 1. The molecule has 0 aromatic carbocycles. The van der Waals surface area contributed by atoms with Crippen molar-refractivity contribution in [3.8, 4) is 0 Å². The largest absolute Gasteiger partial charge is 0.368 e. The van der Waals surface area contributed by atoms with Crippen molar-refractivity contribution in [3.63, 3.8) is 0 Å². The van der Waals surface area contributed by atoms with Gasteiger partial charge in [-0.2, -0.15) is 11.8 Å². The van der Waals surface area contributed by atoms with Gasteiger partial charge in [-0.3, -0.25) is 4.79 Å². The van der Waals surface area contributed by atoms with Gasteiger partial charge in [0.15, 0.2) is 0 Å². The number of hydrogen-bond acceptors (Lipinski definition) is 3. The third kappa shape index (κ3) is 4.99. The van der Waals surface area contributed by atoms with Gasteiger partial charge in [0, 0.05) is 11.3 Å². The van der Waals surface area contributed by atoms with Crippen LogP contribution in [0.15, 0.2) is 0 Å². The molecule has 0 aliphatic heterocycles. The predicted molar refractivity (Wildman–Crippen MR) is 82.3 cm³/mol. The van der Waals surface area contributed by atoms with Crippen molar-refractivity contribution in [2.45, 2.75) is 81.5 Å². The second kappa shape index (κ2) is 6.98. The molecule has 3 nitrogen and oxygen atoms in total. The Hall–Kier alpha value is -0.220. The van der Waals surface area contributed by atoms with Crippen LogP contribution in [0.1, 0.15) is 64.7 Å². The first-order valence-electron chi connectivity index (χ1n) is 7.79. The molecule has 1 atom stereocenters. The highest BCUT2D eigenvalue weighted by molar-refractivity contribution is 7.99. The normalized spacial score (nSPS) is 23.4. The molecule has 0 radical (unpaired) electrons. The number of nitrogens with one attached hydrogen (secondary N) is 1. The van der Waals surface area contributed by atoms with E-state index in [-0.39, 0.29) is 5.91 Å². The third-order valence-corrected chi connectivity index (χ3v) is 5.84. The van der Waals surface area contributed by atoms with Crippen molar-refractivity contribution in [1.82, 2.24) is 5.32 Å². The first-order valence-corrected chi connectivity index (χ1v) is 8.84. The number of hydrogen-bond donors (Lipinski definition) is 2. The zero-order valence-electron chi connectivity index (χ0n) is 12.1. The van der Waals surface area contributed by atoms with Crippen molar-refractivity contribution in [1.29, 1.82) is 0 Å². The molecule has 1 amide bonds. The monoisotopic (exact) mass is 284 g/mol. The summed E-state index contributed by atoms with van der Waals surface area (Å²) < 4.78 is 0. The summed E-state index contributed by atoms with van der Waals surface area (Å²) in [7, 11) is 0. The van der Waals surface area contributed by atoms with Crippen LogP contribution in [0.4, 0.5) is 0 Å². The summed E-state index contributed by atoms with van der Waals surface area (Å²) in [5.74, 6) is 1.05. The molecule has 2 aliphatic rings. The van der Waals surface area contributed by atoms with Gasteiger partial charge < -0.3 is 11.1 Å². The van der Waals surface area contributed by atoms with E-state index in [1.807, 2.05) is 6.92 Å². The SMILES string of the molecule is CC(CCCCSC1CCCC1)(NC1CC1)C(N)=O. The molecule has 4 heteroatoms. The van der Waals surface area contributed by atoms with Crippen molar-refractivity contribution in [2.75, 3.05) is 5.75 Å². The Morgan fingerprint density at radius 3 is 2.53 bits per heavy atom. The topological polar surface area (TPSA) is 55.1 Å². The molecule has 0 bridgehead atoms. The van der Waals surface area contributed by atoms with E-state index in [4.69, 9.17) is 5.73 Å². The Labute approximate surface area is 121 Å². The highest BCUT2D eigenvalue weighted by Crippen LogP contribution is 2.30. The van der Waals surface area contributed by atoms with E-state index in [0.717, 1.165) is 18.1 Å². The Bertz CT molecular complexity index is 301. The van der Waals surface area contributed by atoms with Gasteiger partial charge in [-0.05, 0) is 51.2 Å². The lowest BCUT2D eigenvalue weighted by molar-refractivity contribution is -0.124. The number of thioether (sulfide) groups is 1. The van der Waals surface area contributed by atoms with E-state index in [9.17, 15) is 4.79 Å². The first-order chi connectivity index (χ1) is 9.10. The molecule has 2 rings (SSSR count). The van der Waals surface area contributed by atoms with Crippen LogP contribution in [0, 0.1) is 0 Å². The number of nitrogens with two attached hydrogens (primary N) is 1. The Morgan fingerprint density at radius 1 is 1.26 bits per heavy atom. The quantitative estimate of drug-likeness (QED) is 0.640. The smallest absolute Gasteiger partial charge is 0.237 e. The van der Waals surface area contributed by atoms with E-state index in [2.05, 4.69) is 17.1 Å². The van der Waals surface area contributed by atoms with E-state index in [1.165, 1.54) is 50.7 Å². The highest BCUT2D eigenvalue weighted by Gasteiger charge is 2.36. The number of amides is 1. The lowest BCUT2D eigenvalue weighted by atomic mass is 9.94. The molecule has 3 N–H and O–H groups in total. The maximum atomic E-state index is 11.6. The molecule has 1 unspecified atom stereocenters. The Morgan fingerprint density at radius 2 is 1.95 bits per heavy atom. The minimum Gasteiger partial charge on any atom is -0.368 e. The maximum Gasteiger partial charge on any atom is 0.237 e. The number of carbonyl (C=O) groups is 1. The van der Waals surface area contributed by atoms with Gasteiger partial charge in [0.2, 0.25) is 5.91 Å². The van der Waals surface area contributed by atoms with E-state index < -0.39 is 5.54 Å². The van der Waals surface area contributed by atoms with Gasteiger partial charge in [-0.15, -0.1) is 0 Å². The summed E-state index contributed by atoms with van der Waals surface area (Å²) in [6.07, 6.45) is 11.2. The second-order valence-corrected chi connectivity index (χ2v) is 7.76. The fourth-order valence-corrected chi connectivity index (χ4v) is 4.20. The zero-order chi connectivity index (χ0) is 13.7. The van der Waals surface area contributed by atoms with Gasteiger partial charge in [0.25, 0.3) is 0 Å². The fourth-order valence-electron chi connectivity index (χ4n) is 2.83. The van der Waals surface area contributed by atoms with Crippen LogP contribution in [-0.4, -0.2) is 28.5 Å². The molecule has 19 heavy (non-hydrogen) atoms. The molecule has 0 spiro atoms. The fraction of sp³-hybridized carbons (Fsp3) is 0.933. The molecule has 0 aromatic rings. The molecule has 0 aromatic heterocycles. The van der Waals surface area contributed by atoms with Crippen LogP contribution < -0.4 is 11.1 Å². The lowest BCUT2D eigenvalue weighted by Crippen LogP contribution is -2.53. The molecule has 0 saturated heterocycles. The summed E-state index contributed by atoms with van der Waals surface area (Å²) in [6, 6.07) is 0.533. The average molecular weight is 284 g/mol. The molecular weight excluding hydrogens is 256 g/mol. The standard InChI is InChI=1S/C15H28N2OS/c1-15(14(16)18,17-12-8-9-12)10-4-5-11-19-13-6-2-3-7-13/h12-13,17H,2-11H2,1H3,(H2,16,18). The molecule has 0 heterocycles. The van der Waals surface area contributed by atoms with Gasteiger partial charge >= 0.3 is 0 Å². The van der Waals surface area contributed by atoms with E-state index in [0.29, 0.717) is 6.04 Å². The number of rotatable bonds is 9. The average Bonchev–Trinajstić information content (AvgIpc) is 3.02. The minimum atomic E-state index is -0.487. The molecule has 2 fully saturated rings. The zero-order valence-corrected chi connectivity index (χ0v) is 12.9. The van der Waals surface area contributed by atoms with Crippen LogP contribution >= 0.6 is 11.8 Å². The van der Waals surface area contributed by atoms with Crippen molar-refractivity contribution in [2.24, 2.45) is 5.73 Å². The Balaban J connectivity index is 1.60. The predicted octanol–water partition coefficient (Wildman–Crippen LogP) is 2.83. The maximum absolute atomic E-state index is 11.6. The van der Waals surface area contributed by atoms with Crippen LogP contribution in [-0.2, 0) is 4.79 Å². The minimum absolute atomic E-state index is 0.192. The summed E-state index contributed by atoms with van der Waals surface area (Å²) >= 11 is 2.13. The number of primary amides is 1. The summed E-state index contributed by atoms with van der Waals surface area (Å²) in [4.78, 5) is 11.6. The molecule has 2 saturated carbocycles. The first kappa shape index (κ1) is 15.2.